The van der Waals surface area contributed by atoms with Gasteiger partial charge in [-0.15, -0.1) is 0 Å². The molecule has 0 spiro atoms. The van der Waals surface area contributed by atoms with Crippen molar-refractivity contribution in [1.29, 1.82) is 0 Å². The van der Waals surface area contributed by atoms with Gasteiger partial charge >= 0.3 is 0 Å². The SMILES string of the molecule is CC(=O)c1ccc(NCc2ccco2)c(F)c1. The quantitative estimate of drug-likeness (QED) is 0.824. The summed E-state index contributed by atoms with van der Waals surface area (Å²) in [5, 5.41) is 2.90. The minimum absolute atomic E-state index is 0.151. The van der Waals surface area contributed by atoms with Crippen LogP contribution < -0.4 is 5.32 Å². The lowest BCUT2D eigenvalue weighted by molar-refractivity contribution is 0.101. The Labute approximate surface area is 98.3 Å². The van der Waals surface area contributed by atoms with Crippen molar-refractivity contribution in [3.63, 3.8) is 0 Å². The highest BCUT2D eigenvalue weighted by molar-refractivity contribution is 5.94. The summed E-state index contributed by atoms with van der Waals surface area (Å²) in [5.74, 6) is 0.130. The molecule has 2 rings (SSSR count). The van der Waals surface area contributed by atoms with Crippen molar-refractivity contribution < 1.29 is 13.6 Å². The van der Waals surface area contributed by atoms with Gasteiger partial charge in [-0.1, -0.05) is 0 Å². The number of hydrogen-bond acceptors (Lipinski definition) is 3. The molecule has 0 aliphatic carbocycles. The first kappa shape index (κ1) is 11.4. The van der Waals surface area contributed by atoms with E-state index in [1.165, 1.54) is 13.0 Å². The highest BCUT2D eigenvalue weighted by Crippen LogP contribution is 2.17. The predicted octanol–water partition coefficient (Wildman–Crippen LogP) is 3.23. The van der Waals surface area contributed by atoms with E-state index in [1.807, 2.05) is 0 Å². The van der Waals surface area contributed by atoms with Crippen LogP contribution >= 0.6 is 0 Å². The van der Waals surface area contributed by atoms with Gasteiger partial charge in [-0.05, 0) is 37.3 Å². The van der Waals surface area contributed by atoms with Crippen molar-refractivity contribution in [3.8, 4) is 0 Å². The topological polar surface area (TPSA) is 42.2 Å². The number of carbonyl (C=O) groups is 1. The number of benzene rings is 1. The maximum Gasteiger partial charge on any atom is 0.159 e. The molecule has 2 aromatic rings. The second-order valence-electron chi connectivity index (χ2n) is 3.68. The molecule has 0 unspecified atom stereocenters. The van der Waals surface area contributed by atoms with Gasteiger partial charge in [0, 0.05) is 5.56 Å². The van der Waals surface area contributed by atoms with Gasteiger partial charge in [0.25, 0.3) is 0 Å². The summed E-state index contributed by atoms with van der Waals surface area (Å²) < 4.78 is 18.7. The van der Waals surface area contributed by atoms with Crippen LogP contribution in [0.3, 0.4) is 0 Å². The van der Waals surface area contributed by atoms with Crippen LogP contribution in [0.1, 0.15) is 23.0 Å². The average molecular weight is 233 g/mol. The highest BCUT2D eigenvalue weighted by atomic mass is 19.1. The van der Waals surface area contributed by atoms with E-state index in [0.29, 0.717) is 17.8 Å². The third-order valence-corrected chi connectivity index (χ3v) is 2.41. The monoisotopic (exact) mass is 233 g/mol. The molecule has 3 nitrogen and oxygen atoms in total. The number of hydrogen-bond donors (Lipinski definition) is 1. The van der Waals surface area contributed by atoms with Crippen LogP contribution in [0.15, 0.2) is 41.0 Å². The summed E-state index contributed by atoms with van der Waals surface area (Å²) in [6.45, 7) is 1.81. The number of furan rings is 1. The maximum absolute atomic E-state index is 13.6. The van der Waals surface area contributed by atoms with Crippen LogP contribution in [0.25, 0.3) is 0 Å². The minimum atomic E-state index is -0.441. The summed E-state index contributed by atoms with van der Waals surface area (Å²) in [6, 6.07) is 7.94. The summed E-state index contributed by atoms with van der Waals surface area (Å²) in [6.07, 6.45) is 1.56. The fraction of sp³-hybridized carbons (Fsp3) is 0.154. The molecule has 4 heteroatoms. The van der Waals surface area contributed by atoms with E-state index in [-0.39, 0.29) is 5.78 Å². The predicted molar refractivity (Wildman–Crippen MR) is 62.4 cm³/mol. The van der Waals surface area contributed by atoms with Gasteiger partial charge < -0.3 is 9.73 Å². The molecule has 1 heterocycles. The Morgan fingerprint density at radius 2 is 2.24 bits per heavy atom. The van der Waals surface area contributed by atoms with E-state index < -0.39 is 5.82 Å². The first-order valence-corrected chi connectivity index (χ1v) is 5.23. The summed E-state index contributed by atoms with van der Waals surface area (Å²) >= 11 is 0. The highest BCUT2D eigenvalue weighted by Gasteiger charge is 2.06. The molecule has 0 saturated carbocycles. The molecule has 0 saturated heterocycles. The third-order valence-electron chi connectivity index (χ3n) is 2.41. The molecule has 0 radical (unpaired) electrons. The van der Waals surface area contributed by atoms with E-state index in [0.717, 1.165) is 5.76 Å². The zero-order chi connectivity index (χ0) is 12.3. The molecule has 0 fully saturated rings. The van der Waals surface area contributed by atoms with Gasteiger partial charge in [-0.3, -0.25) is 4.79 Å². The lowest BCUT2D eigenvalue weighted by Gasteiger charge is -2.06. The maximum atomic E-state index is 13.6. The lowest BCUT2D eigenvalue weighted by atomic mass is 10.1. The molecule has 0 aliphatic rings. The van der Waals surface area contributed by atoms with Crippen molar-refractivity contribution in [1.82, 2.24) is 0 Å². The number of nitrogens with one attached hydrogen (secondary N) is 1. The Morgan fingerprint density at radius 3 is 2.82 bits per heavy atom. The Morgan fingerprint density at radius 1 is 1.41 bits per heavy atom. The number of halogens is 1. The number of ketones is 1. The molecule has 0 amide bonds. The normalized spacial score (nSPS) is 10.2. The van der Waals surface area contributed by atoms with E-state index in [9.17, 15) is 9.18 Å². The van der Waals surface area contributed by atoms with Crippen LogP contribution in [0.2, 0.25) is 0 Å². The third kappa shape index (κ3) is 2.72. The van der Waals surface area contributed by atoms with E-state index in [2.05, 4.69) is 5.32 Å². The summed E-state index contributed by atoms with van der Waals surface area (Å²) in [5.41, 5.74) is 0.720. The van der Waals surface area contributed by atoms with Gasteiger partial charge in [0.15, 0.2) is 5.78 Å². The summed E-state index contributed by atoms with van der Waals surface area (Å²) in [7, 11) is 0. The molecule has 0 bridgehead atoms. The van der Waals surface area contributed by atoms with E-state index >= 15 is 0 Å². The molecule has 0 atom stereocenters. The fourth-order valence-electron chi connectivity index (χ4n) is 1.47. The largest absolute Gasteiger partial charge is 0.467 e. The lowest BCUT2D eigenvalue weighted by Crippen LogP contribution is -2.02. The summed E-state index contributed by atoms with van der Waals surface area (Å²) in [4.78, 5) is 11.1. The van der Waals surface area contributed by atoms with Crippen LogP contribution in [0.4, 0.5) is 10.1 Å². The molecule has 0 aliphatic heterocycles. The van der Waals surface area contributed by atoms with Crippen molar-refractivity contribution >= 4 is 11.5 Å². The zero-order valence-electron chi connectivity index (χ0n) is 9.37. The van der Waals surface area contributed by atoms with Crippen molar-refractivity contribution in [3.05, 3.63) is 53.7 Å². The van der Waals surface area contributed by atoms with Gasteiger partial charge in [-0.25, -0.2) is 4.39 Å². The van der Waals surface area contributed by atoms with E-state index in [1.54, 1.807) is 30.5 Å². The second kappa shape index (κ2) is 4.82. The molecule has 17 heavy (non-hydrogen) atoms. The molecule has 1 N–H and O–H groups in total. The minimum Gasteiger partial charge on any atom is -0.467 e. The van der Waals surface area contributed by atoms with Gasteiger partial charge in [-0.2, -0.15) is 0 Å². The van der Waals surface area contributed by atoms with Crippen molar-refractivity contribution in [2.24, 2.45) is 0 Å². The fourth-order valence-corrected chi connectivity index (χ4v) is 1.47. The molecule has 88 valence electrons. The van der Waals surface area contributed by atoms with Crippen LogP contribution in [-0.4, -0.2) is 5.78 Å². The van der Waals surface area contributed by atoms with Gasteiger partial charge in [0.2, 0.25) is 0 Å². The molecular weight excluding hydrogens is 221 g/mol. The molecule has 1 aromatic heterocycles. The Balaban J connectivity index is 2.09. The molecular formula is C13H12FNO2. The van der Waals surface area contributed by atoms with Crippen LogP contribution in [-0.2, 0) is 6.54 Å². The van der Waals surface area contributed by atoms with Gasteiger partial charge in [0.1, 0.15) is 11.6 Å². The Kier molecular flexibility index (Phi) is 3.23. The Bertz CT molecular complexity index is 520. The van der Waals surface area contributed by atoms with Gasteiger partial charge in [0.05, 0.1) is 18.5 Å². The van der Waals surface area contributed by atoms with Crippen LogP contribution in [0.5, 0.6) is 0 Å². The molecule has 1 aromatic carbocycles. The van der Waals surface area contributed by atoms with Crippen molar-refractivity contribution in [2.75, 3.05) is 5.32 Å². The first-order chi connectivity index (χ1) is 8.16. The van der Waals surface area contributed by atoms with E-state index in [4.69, 9.17) is 4.42 Å². The zero-order valence-corrected chi connectivity index (χ0v) is 9.37. The number of rotatable bonds is 4. The second-order valence-corrected chi connectivity index (χ2v) is 3.68. The smallest absolute Gasteiger partial charge is 0.159 e. The number of carbonyl (C=O) groups excluding carboxylic acids is 1. The standard InChI is InChI=1S/C13H12FNO2/c1-9(16)10-4-5-13(12(14)7-10)15-8-11-3-2-6-17-11/h2-7,15H,8H2,1H3. The number of Topliss-reactive ketones (excluding diaryl/α,β-unsaturated/α-hetero) is 1. The van der Waals surface area contributed by atoms with Crippen LogP contribution in [0, 0.1) is 5.82 Å². The number of anilines is 1. The van der Waals surface area contributed by atoms with Crippen molar-refractivity contribution in [2.45, 2.75) is 13.5 Å². The first-order valence-electron chi connectivity index (χ1n) is 5.23. The average Bonchev–Trinajstić information content (AvgIpc) is 2.80. The Hall–Kier alpha value is -2.10.